The highest BCUT2D eigenvalue weighted by atomic mass is 35.5. The van der Waals surface area contributed by atoms with Crippen molar-refractivity contribution in [3.8, 4) is 0 Å². The van der Waals surface area contributed by atoms with E-state index in [0.29, 0.717) is 12.5 Å². The number of rotatable bonds is 6. The Bertz CT molecular complexity index is 722. The molecular weight excluding hydrogens is 348 g/mol. The average molecular weight is 377 g/mol. The molecule has 1 fully saturated rings. The number of amides is 1. The molecule has 1 atom stereocenters. The fourth-order valence-corrected chi connectivity index (χ4v) is 3.48. The number of hydrogen-bond donors (Lipinski definition) is 2. The van der Waals surface area contributed by atoms with Crippen LogP contribution in [0.15, 0.2) is 30.3 Å². The molecule has 1 aromatic carbocycles. The summed E-state index contributed by atoms with van der Waals surface area (Å²) in [6.07, 6.45) is 3.55. The number of carbonyl (C=O) groups excluding carboxylic acids is 1. The SMILES string of the molecule is Cc1cc(C)n(Cc2cccc(C(=O)NCCC3CCCNC3)c2)n1.Cl. The predicted octanol–water partition coefficient (Wildman–Crippen LogP) is 3.09. The molecule has 5 nitrogen and oxygen atoms in total. The van der Waals surface area contributed by atoms with Gasteiger partial charge in [0.25, 0.3) is 5.91 Å². The van der Waals surface area contributed by atoms with E-state index in [2.05, 4.69) is 28.7 Å². The lowest BCUT2D eigenvalue weighted by Gasteiger charge is -2.22. The Balaban J connectivity index is 0.00000243. The van der Waals surface area contributed by atoms with Gasteiger partial charge in [-0.25, -0.2) is 0 Å². The summed E-state index contributed by atoms with van der Waals surface area (Å²) in [5.41, 5.74) is 3.97. The van der Waals surface area contributed by atoms with Crippen LogP contribution in [0.4, 0.5) is 0 Å². The van der Waals surface area contributed by atoms with E-state index in [1.807, 2.05) is 35.9 Å². The maximum Gasteiger partial charge on any atom is 0.251 e. The standard InChI is InChI=1S/C20H28N4O.ClH/c1-15-11-16(2)24(23-15)14-18-5-3-7-19(12-18)20(25)22-10-8-17-6-4-9-21-13-17;/h3,5,7,11-12,17,21H,4,6,8-10,13-14H2,1-2H3,(H,22,25);1H. The molecule has 0 aliphatic carbocycles. The first-order chi connectivity index (χ1) is 12.1. The van der Waals surface area contributed by atoms with Crippen LogP contribution in [0.3, 0.4) is 0 Å². The van der Waals surface area contributed by atoms with Gasteiger partial charge in [-0.3, -0.25) is 9.48 Å². The van der Waals surface area contributed by atoms with Gasteiger partial charge in [-0.15, -0.1) is 12.4 Å². The van der Waals surface area contributed by atoms with Crippen LogP contribution in [0.5, 0.6) is 0 Å². The lowest BCUT2D eigenvalue weighted by Crippen LogP contribution is -2.33. The zero-order valence-electron chi connectivity index (χ0n) is 15.6. The van der Waals surface area contributed by atoms with Gasteiger partial charge in [0, 0.05) is 17.8 Å². The third-order valence-electron chi connectivity index (χ3n) is 4.86. The van der Waals surface area contributed by atoms with E-state index in [1.165, 1.54) is 12.8 Å². The molecule has 0 saturated carbocycles. The minimum absolute atomic E-state index is 0. The molecule has 1 amide bonds. The molecular formula is C20H29ClN4O. The highest BCUT2D eigenvalue weighted by Crippen LogP contribution is 2.13. The number of carbonyl (C=O) groups is 1. The van der Waals surface area contributed by atoms with Crippen molar-refractivity contribution < 1.29 is 4.79 Å². The maximum absolute atomic E-state index is 12.4. The number of aryl methyl sites for hydroxylation is 2. The van der Waals surface area contributed by atoms with Crippen molar-refractivity contribution in [2.24, 2.45) is 5.92 Å². The molecule has 142 valence electrons. The Morgan fingerprint density at radius 3 is 2.88 bits per heavy atom. The zero-order valence-corrected chi connectivity index (χ0v) is 16.4. The molecule has 1 aliphatic heterocycles. The van der Waals surface area contributed by atoms with Crippen molar-refractivity contribution in [1.82, 2.24) is 20.4 Å². The molecule has 0 bridgehead atoms. The topological polar surface area (TPSA) is 59.0 Å². The fourth-order valence-electron chi connectivity index (χ4n) is 3.48. The van der Waals surface area contributed by atoms with E-state index >= 15 is 0 Å². The van der Waals surface area contributed by atoms with E-state index in [9.17, 15) is 4.79 Å². The van der Waals surface area contributed by atoms with E-state index < -0.39 is 0 Å². The molecule has 1 saturated heterocycles. The van der Waals surface area contributed by atoms with Crippen LogP contribution in [0.2, 0.25) is 0 Å². The monoisotopic (exact) mass is 376 g/mol. The first-order valence-electron chi connectivity index (χ1n) is 9.21. The third kappa shape index (κ3) is 5.58. The van der Waals surface area contributed by atoms with Crippen molar-refractivity contribution in [3.05, 3.63) is 52.8 Å². The van der Waals surface area contributed by atoms with Gasteiger partial charge in [0.2, 0.25) is 0 Å². The third-order valence-corrected chi connectivity index (χ3v) is 4.86. The summed E-state index contributed by atoms with van der Waals surface area (Å²) >= 11 is 0. The molecule has 6 heteroatoms. The number of benzene rings is 1. The Morgan fingerprint density at radius 2 is 2.19 bits per heavy atom. The van der Waals surface area contributed by atoms with Gasteiger partial charge < -0.3 is 10.6 Å². The van der Waals surface area contributed by atoms with Crippen molar-refractivity contribution >= 4 is 18.3 Å². The number of nitrogens with zero attached hydrogens (tertiary/aromatic N) is 2. The van der Waals surface area contributed by atoms with Crippen LogP contribution >= 0.6 is 12.4 Å². The lowest BCUT2D eigenvalue weighted by molar-refractivity contribution is 0.0950. The largest absolute Gasteiger partial charge is 0.352 e. The zero-order chi connectivity index (χ0) is 17.6. The summed E-state index contributed by atoms with van der Waals surface area (Å²) in [7, 11) is 0. The minimum Gasteiger partial charge on any atom is -0.352 e. The molecule has 2 aromatic rings. The lowest BCUT2D eigenvalue weighted by atomic mass is 9.96. The van der Waals surface area contributed by atoms with Gasteiger partial charge in [-0.05, 0) is 75.9 Å². The Morgan fingerprint density at radius 1 is 1.35 bits per heavy atom. The quantitative estimate of drug-likeness (QED) is 0.814. The van der Waals surface area contributed by atoms with Gasteiger partial charge in [-0.2, -0.15) is 5.10 Å². The Hall–Kier alpha value is -1.85. The van der Waals surface area contributed by atoms with Crippen LogP contribution in [-0.4, -0.2) is 35.3 Å². The molecule has 0 spiro atoms. The van der Waals surface area contributed by atoms with E-state index in [1.54, 1.807) is 0 Å². The highest BCUT2D eigenvalue weighted by molar-refractivity contribution is 5.94. The molecule has 1 aliphatic rings. The van der Waals surface area contributed by atoms with Crippen molar-refractivity contribution in [3.63, 3.8) is 0 Å². The molecule has 26 heavy (non-hydrogen) atoms. The van der Waals surface area contributed by atoms with Gasteiger partial charge in [0.1, 0.15) is 0 Å². The molecule has 0 radical (unpaired) electrons. The van der Waals surface area contributed by atoms with Gasteiger partial charge in [-0.1, -0.05) is 12.1 Å². The van der Waals surface area contributed by atoms with Gasteiger partial charge >= 0.3 is 0 Å². The second-order valence-corrected chi connectivity index (χ2v) is 7.04. The number of halogens is 1. The summed E-state index contributed by atoms with van der Waals surface area (Å²) in [5, 5.41) is 11.0. The summed E-state index contributed by atoms with van der Waals surface area (Å²) in [6.45, 7) is 7.69. The van der Waals surface area contributed by atoms with Gasteiger partial charge in [0.15, 0.2) is 0 Å². The Labute approximate surface area is 162 Å². The summed E-state index contributed by atoms with van der Waals surface area (Å²) in [4.78, 5) is 12.4. The van der Waals surface area contributed by atoms with Crippen LogP contribution in [0.1, 0.15) is 46.6 Å². The number of piperidine rings is 1. The fraction of sp³-hybridized carbons (Fsp3) is 0.500. The van der Waals surface area contributed by atoms with Crippen molar-refractivity contribution in [2.75, 3.05) is 19.6 Å². The van der Waals surface area contributed by atoms with Gasteiger partial charge in [0.05, 0.1) is 12.2 Å². The summed E-state index contributed by atoms with van der Waals surface area (Å²) in [5.74, 6) is 0.699. The molecule has 3 rings (SSSR count). The van der Waals surface area contributed by atoms with E-state index in [-0.39, 0.29) is 18.3 Å². The van der Waals surface area contributed by atoms with Crippen LogP contribution in [0, 0.1) is 19.8 Å². The van der Waals surface area contributed by atoms with Crippen molar-refractivity contribution in [2.45, 2.75) is 39.7 Å². The predicted molar refractivity (Wildman–Crippen MR) is 107 cm³/mol. The number of hydrogen-bond acceptors (Lipinski definition) is 3. The number of aromatic nitrogens is 2. The second-order valence-electron chi connectivity index (χ2n) is 7.04. The summed E-state index contributed by atoms with van der Waals surface area (Å²) in [6, 6.07) is 9.90. The van der Waals surface area contributed by atoms with E-state index in [4.69, 9.17) is 0 Å². The second kappa shape index (κ2) is 9.74. The molecule has 2 N–H and O–H groups in total. The number of nitrogens with one attached hydrogen (secondary N) is 2. The van der Waals surface area contributed by atoms with Crippen LogP contribution < -0.4 is 10.6 Å². The maximum atomic E-state index is 12.4. The highest BCUT2D eigenvalue weighted by Gasteiger charge is 2.13. The van der Waals surface area contributed by atoms with Crippen LogP contribution in [-0.2, 0) is 6.54 Å². The molecule has 2 heterocycles. The minimum atomic E-state index is 0. The molecule has 1 unspecified atom stereocenters. The smallest absolute Gasteiger partial charge is 0.251 e. The summed E-state index contributed by atoms with van der Waals surface area (Å²) < 4.78 is 1.97. The van der Waals surface area contributed by atoms with E-state index in [0.717, 1.165) is 48.6 Å². The first kappa shape index (κ1) is 20.5. The average Bonchev–Trinajstić information content (AvgIpc) is 2.93. The normalized spacial score (nSPS) is 16.8. The molecule has 1 aromatic heterocycles. The van der Waals surface area contributed by atoms with Crippen LogP contribution in [0.25, 0.3) is 0 Å². The Kier molecular flexibility index (Phi) is 7.66. The first-order valence-corrected chi connectivity index (χ1v) is 9.21. The van der Waals surface area contributed by atoms with Crippen molar-refractivity contribution in [1.29, 1.82) is 0 Å².